The van der Waals surface area contributed by atoms with Crippen LogP contribution in [0, 0.1) is 19.8 Å². The number of hydrogen-bond donors (Lipinski definition) is 2. The first-order valence-electron chi connectivity index (χ1n) is 8.03. The summed E-state index contributed by atoms with van der Waals surface area (Å²) in [4.78, 5) is 12.3. The highest BCUT2D eigenvalue weighted by atomic mass is 32.2. The van der Waals surface area contributed by atoms with Crippen LogP contribution in [0.1, 0.15) is 30.8 Å². The number of primary sulfonamides is 1. The summed E-state index contributed by atoms with van der Waals surface area (Å²) in [6.07, 6.45) is 0.215. The van der Waals surface area contributed by atoms with Gasteiger partial charge in [-0.15, -0.1) is 0 Å². The molecule has 0 radical (unpaired) electrons. The first-order valence-corrected chi connectivity index (χ1v) is 9.58. The predicted octanol–water partition coefficient (Wildman–Crippen LogP) is 1.98. The summed E-state index contributed by atoms with van der Waals surface area (Å²) >= 11 is 0. The summed E-state index contributed by atoms with van der Waals surface area (Å²) in [6.45, 7) is 8.91. The molecule has 1 aromatic heterocycles. The maximum Gasteiger partial charge on any atom is 0.238 e. The molecule has 0 aliphatic rings. The monoisotopic (exact) mass is 364 g/mol. The third kappa shape index (κ3) is 4.90. The van der Waals surface area contributed by atoms with Gasteiger partial charge in [-0.2, -0.15) is 5.10 Å². The highest BCUT2D eigenvalue weighted by Gasteiger charge is 2.16. The number of anilines is 1. The molecule has 1 amide bonds. The molecule has 0 bridgehead atoms. The first-order chi connectivity index (χ1) is 11.6. The van der Waals surface area contributed by atoms with Gasteiger partial charge in [0, 0.05) is 23.5 Å². The van der Waals surface area contributed by atoms with Crippen molar-refractivity contribution in [1.82, 2.24) is 9.78 Å². The predicted molar refractivity (Wildman–Crippen MR) is 96.7 cm³/mol. The summed E-state index contributed by atoms with van der Waals surface area (Å²) in [5.74, 6) is 0.288. The molecule has 8 heteroatoms. The second-order valence-electron chi connectivity index (χ2n) is 6.52. The molecule has 0 saturated carbocycles. The van der Waals surface area contributed by atoms with Crippen LogP contribution >= 0.6 is 0 Å². The number of benzene rings is 1. The molecule has 25 heavy (non-hydrogen) atoms. The Bertz CT molecular complexity index is 868. The van der Waals surface area contributed by atoms with Gasteiger partial charge in [-0.1, -0.05) is 13.8 Å². The van der Waals surface area contributed by atoms with Gasteiger partial charge in [0.25, 0.3) is 0 Å². The molecule has 0 aliphatic carbocycles. The van der Waals surface area contributed by atoms with Crippen molar-refractivity contribution in [2.45, 2.75) is 45.6 Å². The van der Waals surface area contributed by atoms with Crippen LogP contribution in [-0.4, -0.2) is 24.1 Å². The van der Waals surface area contributed by atoms with E-state index < -0.39 is 10.0 Å². The molecule has 1 heterocycles. The van der Waals surface area contributed by atoms with E-state index in [1.807, 2.05) is 18.5 Å². The number of carbonyl (C=O) groups is 1. The molecule has 7 nitrogen and oxygen atoms in total. The molecule has 0 atom stereocenters. The van der Waals surface area contributed by atoms with Gasteiger partial charge in [-0.25, -0.2) is 13.6 Å². The largest absolute Gasteiger partial charge is 0.326 e. The van der Waals surface area contributed by atoms with Crippen molar-refractivity contribution in [3.63, 3.8) is 0 Å². The Labute approximate surface area is 148 Å². The van der Waals surface area contributed by atoms with Crippen molar-refractivity contribution >= 4 is 21.6 Å². The molecule has 0 spiro atoms. The highest BCUT2D eigenvalue weighted by molar-refractivity contribution is 7.89. The van der Waals surface area contributed by atoms with Crippen LogP contribution in [0.5, 0.6) is 0 Å². The third-order valence-electron chi connectivity index (χ3n) is 3.87. The Kier molecular flexibility index (Phi) is 5.64. The number of carbonyl (C=O) groups excluding carboxylic acids is 1. The van der Waals surface area contributed by atoms with E-state index in [2.05, 4.69) is 24.3 Å². The van der Waals surface area contributed by atoms with E-state index >= 15 is 0 Å². The van der Waals surface area contributed by atoms with Crippen LogP contribution in [-0.2, 0) is 27.8 Å². The maximum absolute atomic E-state index is 12.3. The minimum atomic E-state index is -3.74. The van der Waals surface area contributed by atoms with E-state index in [0.717, 1.165) is 23.5 Å². The van der Waals surface area contributed by atoms with Crippen LogP contribution < -0.4 is 10.5 Å². The van der Waals surface area contributed by atoms with Crippen molar-refractivity contribution < 1.29 is 13.2 Å². The van der Waals surface area contributed by atoms with Crippen LogP contribution in [0.3, 0.4) is 0 Å². The van der Waals surface area contributed by atoms with Gasteiger partial charge >= 0.3 is 0 Å². The smallest absolute Gasteiger partial charge is 0.238 e. The third-order valence-corrected chi connectivity index (χ3v) is 4.80. The number of nitrogens with one attached hydrogen (secondary N) is 1. The maximum atomic E-state index is 12.3. The van der Waals surface area contributed by atoms with E-state index in [4.69, 9.17) is 5.14 Å². The fourth-order valence-corrected chi connectivity index (χ4v) is 3.12. The molecule has 0 unspecified atom stereocenters. The molecule has 136 valence electrons. The number of hydrogen-bond acceptors (Lipinski definition) is 4. The number of nitrogens with zero attached hydrogens (tertiary/aromatic N) is 2. The van der Waals surface area contributed by atoms with Crippen molar-refractivity contribution in [2.75, 3.05) is 5.32 Å². The summed E-state index contributed by atoms with van der Waals surface area (Å²) < 4.78 is 24.4. The van der Waals surface area contributed by atoms with Crippen LogP contribution in [0.15, 0.2) is 29.2 Å². The number of nitrogens with two attached hydrogens (primary N) is 1. The molecule has 0 saturated heterocycles. The Morgan fingerprint density at radius 3 is 2.36 bits per heavy atom. The molecular formula is C17H24N4O3S. The zero-order valence-electron chi connectivity index (χ0n) is 14.9. The average Bonchev–Trinajstić information content (AvgIpc) is 2.74. The minimum absolute atomic E-state index is 0.00662. The van der Waals surface area contributed by atoms with Gasteiger partial charge in [-0.05, 0) is 44.0 Å². The molecule has 1 aromatic carbocycles. The molecule has 0 fully saturated rings. The van der Waals surface area contributed by atoms with E-state index in [9.17, 15) is 13.2 Å². The minimum Gasteiger partial charge on any atom is -0.326 e. The quantitative estimate of drug-likeness (QED) is 0.817. The van der Waals surface area contributed by atoms with Gasteiger partial charge in [0.05, 0.1) is 17.0 Å². The van der Waals surface area contributed by atoms with Crippen LogP contribution in [0.2, 0.25) is 0 Å². The van der Waals surface area contributed by atoms with E-state index in [-0.39, 0.29) is 17.2 Å². The Balaban J connectivity index is 2.09. The summed E-state index contributed by atoms with van der Waals surface area (Å²) in [5, 5.41) is 12.3. The number of aryl methyl sites for hydroxylation is 1. The molecule has 2 rings (SSSR count). The zero-order valence-corrected chi connectivity index (χ0v) is 15.7. The van der Waals surface area contributed by atoms with E-state index in [1.54, 1.807) is 0 Å². The Hall–Kier alpha value is -2.19. The molecule has 2 aromatic rings. The number of aromatic nitrogens is 2. The van der Waals surface area contributed by atoms with E-state index in [0.29, 0.717) is 11.6 Å². The second-order valence-corrected chi connectivity index (χ2v) is 8.08. The van der Waals surface area contributed by atoms with Gasteiger partial charge in [0.1, 0.15) is 0 Å². The number of sulfonamides is 1. The van der Waals surface area contributed by atoms with Gasteiger partial charge < -0.3 is 5.32 Å². The fourth-order valence-electron chi connectivity index (χ4n) is 2.61. The lowest BCUT2D eigenvalue weighted by Gasteiger charge is -2.09. The number of amides is 1. The standard InChI is InChI=1S/C17H24N4O3S/c1-11(2)10-21-13(4)16(12(3)20-21)9-17(22)19-14-5-7-15(8-6-14)25(18,23)24/h5-8,11H,9-10H2,1-4H3,(H,19,22)(H2,18,23,24). The van der Waals surface area contributed by atoms with Crippen LogP contribution in [0.4, 0.5) is 5.69 Å². The second kappa shape index (κ2) is 7.37. The molecular weight excluding hydrogens is 340 g/mol. The first kappa shape index (κ1) is 19.1. The SMILES string of the molecule is Cc1nn(CC(C)C)c(C)c1CC(=O)Nc1ccc(S(N)(=O)=O)cc1. The lowest BCUT2D eigenvalue weighted by Crippen LogP contribution is -2.16. The summed E-state index contributed by atoms with van der Waals surface area (Å²) in [5.41, 5.74) is 3.27. The normalized spacial score (nSPS) is 11.8. The lowest BCUT2D eigenvalue weighted by atomic mass is 10.1. The average molecular weight is 364 g/mol. The topological polar surface area (TPSA) is 107 Å². The summed E-state index contributed by atoms with van der Waals surface area (Å²) in [7, 11) is -3.74. The van der Waals surface area contributed by atoms with Crippen LogP contribution in [0.25, 0.3) is 0 Å². The highest BCUT2D eigenvalue weighted by Crippen LogP contribution is 2.17. The van der Waals surface area contributed by atoms with Crippen molar-refractivity contribution in [1.29, 1.82) is 0 Å². The fraction of sp³-hybridized carbons (Fsp3) is 0.412. The van der Waals surface area contributed by atoms with Gasteiger partial charge in [0.15, 0.2) is 0 Å². The Morgan fingerprint density at radius 1 is 1.24 bits per heavy atom. The van der Waals surface area contributed by atoms with Gasteiger partial charge in [0.2, 0.25) is 15.9 Å². The van der Waals surface area contributed by atoms with E-state index in [1.165, 1.54) is 24.3 Å². The van der Waals surface area contributed by atoms with Crippen molar-refractivity contribution in [2.24, 2.45) is 11.1 Å². The van der Waals surface area contributed by atoms with Crippen molar-refractivity contribution in [3.8, 4) is 0 Å². The molecule has 3 N–H and O–H groups in total. The van der Waals surface area contributed by atoms with Crippen molar-refractivity contribution in [3.05, 3.63) is 41.2 Å². The number of rotatable bonds is 6. The lowest BCUT2D eigenvalue weighted by molar-refractivity contribution is -0.115. The summed E-state index contributed by atoms with van der Waals surface area (Å²) in [6, 6.07) is 5.75. The molecule has 0 aliphatic heterocycles. The van der Waals surface area contributed by atoms with Gasteiger partial charge in [-0.3, -0.25) is 9.48 Å². The Morgan fingerprint density at radius 2 is 1.84 bits per heavy atom. The zero-order chi connectivity index (χ0) is 18.8.